The molecule has 5 nitrogen and oxygen atoms in total. The molecule has 0 saturated carbocycles. The highest BCUT2D eigenvalue weighted by molar-refractivity contribution is 7.15. The highest BCUT2D eigenvalue weighted by Gasteiger charge is 2.30. The summed E-state index contributed by atoms with van der Waals surface area (Å²) in [6, 6.07) is 8.68. The van der Waals surface area contributed by atoms with Crippen LogP contribution in [0.2, 0.25) is 0 Å². The summed E-state index contributed by atoms with van der Waals surface area (Å²) in [4.78, 5) is 20.3. The zero-order valence-electron chi connectivity index (χ0n) is 14.4. The molecule has 1 unspecified atom stereocenters. The van der Waals surface area contributed by atoms with Gasteiger partial charge in [0.05, 0.1) is 12.2 Å². The number of hydrogen-bond acceptors (Lipinski definition) is 4. The number of fused-ring (bicyclic) bond motifs is 1. The molecule has 0 radical (unpaired) electrons. The van der Waals surface area contributed by atoms with Crippen LogP contribution in [0.15, 0.2) is 42.2 Å². The number of halogens is 2. The monoisotopic (exact) mass is 412 g/mol. The van der Waals surface area contributed by atoms with Crippen molar-refractivity contribution in [2.24, 2.45) is 0 Å². The van der Waals surface area contributed by atoms with Crippen LogP contribution in [0, 0.1) is 0 Å². The molecule has 4 rings (SSSR count). The molecule has 1 amide bonds. The summed E-state index contributed by atoms with van der Waals surface area (Å²) in [5.41, 5.74) is 3.20. The van der Waals surface area contributed by atoms with Gasteiger partial charge in [-0.05, 0) is 17.5 Å². The Morgan fingerprint density at radius 1 is 1.31 bits per heavy atom. The first-order chi connectivity index (χ1) is 11.8. The quantitative estimate of drug-likeness (QED) is 0.714. The number of aryl methyl sites for hydroxylation is 1. The fourth-order valence-electron chi connectivity index (χ4n) is 3.25. The van der Waals surface area contributed by atoms with Gasteiger partial charge in [0.15, 0.2) is 0 Å². The second-order valence-corrected chi connectivity index (χ2v) is 6.93. The van der Waals surface area contributed by atoms with Crippen molar-refractivity contribution in [3.63, 3.8) is 0 Å². The average molecular weight is 413 g/mol. The number of benzene rings is 1. The number of nitrogens with one attached hydrogen (secondary N) is 1. The number of carbonyl (C=O) groups is 1. The minimum atomic E-state index is 0. The maximum absolute atomic E-state index is 13.1. The third-order valence-electron chi connectivity index (χ3n) is 4.65. The zero-order valence-corrected chi connectivity index (χ0v) is 16.9. The SMILES string of the molecule is CCc1ccc(C2CNCCN2C(=O)c2csc3cncn23)cc1.Cl.Cl. The summed E-state index contributed by atoms with van der Waals surface area (Å²) < 4.78 is 1.88. The molecule has 1 aliphatic rings. The first kappa shape index (κ1) is 20.7. The van der Waals surface area contributed by atoms with Crippen molar-refractivity contribution in [2.75, 3.05) is 19.6 Å². The first-order valence-electron chi connectivity index (χ1n) is 8.28. The smallest absolute Gasteiger partial charge is 0.272 e. The minimum Gasteiger partial charge on any atom is -0.328 e. The van der Waals surface area contributed by atoms with Gasteiger partial charge in [0, 0.05) is 25.0 Å². The van der Waals surface area contributed by atoms with Crippen LogP contribution in [0.5, 0.6) is 0 Å². The molecule has 1 N–H and O–H groups in total. The van der Waals surface area contributed by atoms with Crippen molar-refractivity contribution >= 4 is 46.9 Å². The molecule has 0 aliphatic carbocycles. The van der Waals surface area contributed by atoms with Crippen molar-refractivity contribution in [1.82, 2.24) is 19.6 Å². The van der Waals surface area contributed by atoms with Gasteiger partial charge in [-0.15, -0.1) is 36.2 Å². The van der Waals surface area contributed by atoms with Gasteiger partial charge in [0.1, 0.15) is 16.9 Å². The molecule has 0 spiro atoms. The van der Waals surface area contributed by atoms with E-state index in [1.54, 1.807) is 23.9 Å². The number of rotatable bonds is 3. The molecule has 140 valence electrons. The van der Waals surface area contributed by atoms with Crippen LogP contribution >= 0.6 is 36.2 Å². The van der Waals surface area contributed by atoms with Gasteiger partial charge in [-0.1, -0.05) is 31.2 Å². The Balaban J connectivity index is 0.00000121. The van der Waals surface area contributed by atoms with Crippen LogP contribution in [-0.4, -0.2) is 39.8 Å². The zero-order chi connectivity index (χ0) is 16.5. The molecule has 8 heteroatoms. The van der Waals surface area contributed by atoms with E-state index in [9.17, 15) is 4.79 Å². The van der Waals surface area contributed by atoms with E-state index in [1.165, 1.54) is 11.1 Å². The number of imidazole rings is 1. The van der Waals surface area contributed by atoms with Crippen LogP contribution in [0.3, 0.4) is 0 Å². The molecule has 1 aromatic carbocycles. The molecule has 3 heterocycles. The first-order valence-corrected chi connectivity index (χ1v) is 9.16. The van der Waals surface area contributed by atoms with Crippen LogP contribution in [0.1, 0.15) is 34.6 Å². The predicted molar refractivity (Wildman–Crippen MR) is 110 cm³/mol. The van der Waals surface area contributed by atoms with E-state index in [-0.39, 0.29) is 36.8 Å². The van der Waals surface area contributed by atoms with Crippen LogP contribution in [-0.2, 0) is 6.42 Å². The van der Waals surface area contributed by atoms with Crippen LogP contribution in [0.4, 0.5) is 0 Å². The highest BCUT2D eigenvalue weighted by Crippen LogP contribution is 2.26. The average Bonchev–Trinajstić information content (AvgIpc) is 3.25. The lowest BCUT2D eigenvalue weighted by molar-refractivity contribution is 0.0627. The van der Waals surface area contributed by atoms with Gasteiger partial charge in [-0.3, -0.25) is 9.20 Å². The number of amides is 1. The van der Waals surface area contributed by atoms with E-state index in [0.717, 1.165) is 24.3 Å². The molecule has 2 aromatic heterocycles. The topological polar surface area (TPSA) is 49.6 Å². The fourth-order valence-corrected chi connectivity index (χ4v) is 4.07. The number of piperazine rings is 1. The molecule has 26 heavy (non-hydrogen) atoms. The van der Waals surface area contributed by atoms with E-state index < -0.39 is 0 Å². The maximum atomic E-state index is 13.1. The molecule has 0 bridgehead atoms. The third kappa shape index (κ3) is 3.74. The Hall–Kier alpha value is -1.60. The van der Waals surface area contributed by atoms with E-state index in [2.05, 4.69) is 41.5 Å². The van der Waals surface area contributed by atoms with Gasteiger partial charge in [0.25, 0.3) is 5.91 Å². The van der Waals surface area contributed by atoms with Gasteiger partial charge in [-0.2, -0.15) is 0 Å². The van der Waals surface area contributed by atoms with E-state index in [0.29, 0.717) is 12.2 Å². The predicted octanol–water partition coefficient (Wildman–Crippen LogP) is 3.59. The Bertz CT molecular complexity index is 862. The van der Waals surface area contributed by atoms with Crippen LogP contribution in [0.25, 0.3) is 4.83 Å². The lowest BCUT2D eigenvalue weighted by atomic mass is 10.0. The molecule has 1 atom stereocenters. The van der Waals surface area contributed by atoms with E-state index in [1.807, 2.05) is 14.7 Å². The maximum Gasteiger partial charge on any atom is 0.272 e. The second kappa shape index (κ2) is 8.86. The number of nitrogens with zero attached hydrogens (tertiary/aromatic N) is 3. The molecule has 1 saturated heterocycles. The number of aromatic nitrogens is 2. The lowest BCUT2D eigenvalue weighted by Crippen LogP contribution is -2.48. The Morgan fingerprint density at radius 2 is 2.08 bits per heavy atom. The van der Waals surface area contributed by atoms with E-state index >= 15 is 0 Å². The molecule has 1 fully saturated rings. The summed E-state index contributed by atoms with van der Waals surface area (Å²) in [5, 5.41) is 5.34. The van der Waals surface area contributed by atoms with Gasteiger partial charge < -0.3 is 10.2 Å². The number of hydrogen-bond donors (Lipinski definition) is 1. The molecule has 1 aliphatic heterocycles. The lowest BCUT2D eigenvalue weighted by Gasteiger charge is -2.36. The molecular formula is C18H22Cl2N4OS. The minimum absolute atomic E-state index is 0. The Labute approximate surface area is 169 Å². The number of thiazole rings is 1. The highest BCUT2D eigenvalue weighted by atomic mass is 35.5. The van der Waals surface area contributed by atoms with Crippen molar-refractivity contribution in [2.45, 2.75) is 19.4 Å². The van der Waals surface area contributed by atoms with Crippen molar-refractivity contribution < 1.29 is 4.79 Å². The van der Waals surface area contributed by atoms with Crippen LogP contribution < -0.4 is 5.32 Å². The standard InChI is InChI=1S/C18H20N4OS.2ClH/c1-2-13-3-5-14(6-4-13)15-9-19-7-8-21(15)18(23)16-11-24-17-10-20-12-22(16)17;;/h3-6,10-12,15,19H,2,7-9H2,1H3;2*1H. The molecule has 3 aromatic rings. The molecular weight excluding hydrogens is 391 g/mol. The summed E-state index contributed by atoms with van der Waals surface area (Å²) in [7, 11) is 0. The van der Waals surface area contributed by atoms with Gasteiger partial charge in [0.2, 0.25) is 0 Å². The third-order valence-corrected chi connectivity index (χ3v) is 5.54. The Kier molecular flexibility index (Phi) is 7.06. The number of carbonyl (C=O) groups excluding carboxylic acids is 1. The Morgan fingerprint density at radius 3 is 2.81 bits per heavy atom. The van der Waals surface area contributed by atoms with Crippen molar-refractivity contribution in [1.29, 1.82) is 0 Å². The second-order valence-electron chi connectivity index (χ2n) is 6.04. The van der Waals surface area contributed by atoms with Gasteiger partial charge >= 0.3 is 0 Å². The van der Waals surface area contributed by atoms with Crippen molar-refractivity contribution in [3.05, 3.63) is 59.0 Å². The van der Waals surface area contributed by atoms with Crippen molar-refractivity contribution in [3.8, 4) is 0 Å². The summed E-state index contributed by atoms with van der Waals surface area (Å²) in [6.45, 7) is 4.48. The van der Waals surface area contributed by atoms with Gasteiger partial charge in [-0.25, -0.2) is 4.98 Å². The fraction of sp³-hybridized carbons (Fsp3) is 0.333. The van der Waals surface area contributed by atoms with E-state index in [4.69, 9.17) is 0 Å². The summed E-state index contributed by atoms with van der Waals surface area (Å²) in [5.74, 6) is 0.0744. The summed E-state index contributed by atoms with van der Waals surface area (Å²) >= 11 is 1.55. The normalized spacial score (nSPS) is 16.8. The summed E-state index contributed by atoms with van der Waals surface area (Å²) in [6.07, 6.45) is 4.53. The largest absolute Gasteiger partial charge is 0.328 e.